The number of piperidine rings is 1. The lowest BCUT2D eigenvalue weighted by atomic mass is 9.92. The lowest BCUT2D eigenvalue weighted by Crippen LogP contribution is -2.40. The minimum absolute atomic E-state index is 0.195. The normalized spacial score (nSPS) is 21.8. The van der Waals surface area contributed by atoms with Crippen molar-refractivity contribution in [1.29, 1.82) is 0 Å². The molecule has 1 amide bonds. The van der Waals surface area contributed by atoms with Gasteiger partial charge in [0.1, 0.15) is 5.82 Å². The minimum atomic E-state index is -0.195. The number of halogens is 1. The van der Waals surface area contributed by atoms with Gasteiger partial charge in [0, 0.05) is 25.6 Å². The molecule has 0 saturated carbocycles. The van der Waals surface area contributed by atoms with Crippen LogP contribution in [-0.2, 0) is 4.79 Å². The number of nitrogens with zero attached hydrogens (tertiary/aromatic N) is 2. The van der Waals surface area contributed by atoms with Gasteiger partial charge in [-0.1, -0.05) is 31.2 Å². The average molecular weight is 402 g/mol. The Morgan fingerprint density at radius 2 is 1.93 bits per heavy atom. The smallest absolute Gasteiger partial charge is 0.220 e. The van der Waals surface area contributed by atoms with E-state index < -0.39 is 0 Å². The number of likely N-dealkylation sites (tertiary alicyclic amines) is 2. The maximum absolute atomic E-state index is 12.9. The first-order valence-electron chi connectivity index (χ1n) is 11.3. The second kappa shape index (κ2) is 11.5. The fourth-order valence-corrected chi connectivity index (χ4v) is 4.57. The van der Waals surface area contributed by atoms with E-state index in [0.29, 0.717) is 18.4 Å². The van der Waals surface area contributed by atoms with Crippen LogP contribution in [0.3, 0.4) is 0 Å². The molecule has 3 rings (SSSR count). The Morgan fingerprint density at radius 1 is 1.17 bits per heavy atom. The van der Waals surface area contributed by atoms with Crippen molar-refractivity contribution in [2.24, 2.45) is 5.92 Å². The van der Waals surface area contributed by atoms with E-state index >= 15 is 0 Å². The SMILES string of the molecule is CCN1CCC[C@@H]1CNC(=O)CCC1CCN(C/C=C/c2ccc(F)cc2)CC1. The summed E-state index contributed by atoms with van der Waals surface area (Å²) >= 11 is 0. The summed E-state index contributed by atoms with van der Waals surface area (Å²) in [4.78, 5) is 17.2. The van der Waals surface area contributed by atoms with E-state index in [4.69, 9.17) is 0 Å². The van der Waals surface area contributed by atoms with Crippen LogP contribution in [0.25, 0.3) is 6.08 Å². The highest BCUT2D eigenvalue weighted by Gasteiger charge is 2.23. The van der Waals surface area contributed by atoms with Gasteiger partial charge in [0.25, 0.3) is 0 Å². The fourth-order valence-electron chi connectivity index (χ4n) is 4.57. The minimum Gasteiger partial charge on any atom is -0.355 e. The molecule has 29 heavy (non-hydrogen) atoms. The predicted octanol–water partition coefficient (Wildman–Crippen LogP) is 3.93. The summed E-state index contributed by atoms with van der Waals surface area (Å²) in [6, 6.07) is 7.13. The molecular formula is C24H36FN3O. The topological polar surface area (TPSA) is 35.6 Å². The van der Waals surface area contributed by atoms with Crippen molar-refractivity contribution in [3.05, 3.63) is 41.7 Å². The molecule has 0 aliphatic carbocycles. The zero-order valence-corrected chi connectivity index (χ0v) is 17.8. The van der Waals surface area contributed by atoms with Crippen LogP contribution < -0.4 is 5.32 Å². The quantitative estimate of drug-likeness (QED) is 0.681. The van der Waals surface area contributed by atoms with E-state index in [1.54, 1.807) is 12.1 Å². The predicted molar refractivity (Wildman–Crippen MR) is 117 cm³/mol. The maximum Gasteiger partial charge on any atom is 0.220 e. The van der Waals surface area contributed by atoms with Crippen LogP contribution in [0.4, 0.5) is 4.39 Å². The summed E-state index contributed by atoms with van der Waals surface area (Å²) in [5.74, 6) is 0.689. The van der Waals surface area contributed by atoms with E-state index in [1.165, 1.54) is 44.4 Å². The Hall–Kier alpha value is -1.72. The van der Waals surface area contributed by atoms with Crippen LogP contribution >= 0.6 is 0 Å². The van der Waals surface area contributed by atoms with Gasteiger partial charge in [-0.3, -0.25) is 14.6 Å². The van der Waals surface area contributed by atoms with Crippen molar-refractivity contribution in [2.75, 3.05) is 39.3 Å². The first-order chi connectivity index (χ1) is 14.1. The lowest BCUT2D eigenvalue weighted by Gasteiger charge is -2.31. The molecule has 0 spiro atoms. The van der Waals surface area contributed by atoms with Crippen LogP contribution in [0.5, 0.6) is 0 Å². The second-order valence-corrected chi connectivity index (χ2v) is 8.47. The van der Waals surface area contributed by atoms with Gasteiger partial charge in [0.15, 0.2) is 0 Å². The average Bonchev–Trinajstić information content (AvgIpc) is 3.21. The van der Waals surface area contributed by atoms with Crippen LogP contribution in [0.1, 0.15) is 51.0 Å². The molecule has 0 aromatic heterocycles. The van der Waals surface area contributed by atoms with Gasteiger partial charge in [-0.25, -0.2) is 4.39 Å². The summed E-state index contributed by atoms with van der Waals surface area (Å²) in [6.07, 6.45) is 10.7. The summed E-state index contributed by atoms with van der Waals surface area (Å²) in [5, 5.41) is 3.16. The number of nitrogens with one attached hydrogen (secondary N) is 1. The molecule has 2 fully saturated rings. The molecule has 1 atom stereocenters. The Balaban J connectivity index is 1.27. The Bertz CT molecular complexity index is 653. The second-order valence-electron chi connectivity index (χ2n) is 8.47. The largest absolute Gasteiger partial charge is 0.355 e. The molecule has 2 aliphatic rings. The van der Waals surface area contributed by atoms with Crippen LogP contribution in [0.2, 0.25) is 0 Å². The number of hydrogen-bond donors (Lipinski definition) is 1. The molecule has 160 valence electrons. The van der Waals surface area contributed by atoms with Gasteiger partial charge in [-0.15, -0.1) is 0 Å². The van der Waals surface area contributed by atoms with Crippen LogP contribution in [0.15, 0.2) is 30.3 Å². The highest BCUT2D eigenvalue weighted by Crippen LogP contribution is 2.22. The van der Waals surface area contributed by atoms with Gasteiger partial charge in [0.05, 0.1) is 0 Å². The summed E-state index contributed by atoms with van der Waals surface area (Å²) in [5.41, 5.74) is 1.03. The standard InChI is InChI=1S/C24H36FN3O/c1-2-28-16-4-6-23(28)19-26-24(29)12-9-21-13-17-27(18-14-21)15-3-5-20-7-10-22(25)11-8-20/h3,5,7-8,10-11,21,23H,2,4,6,9,12-19H2,1H3,(H,26,29)/b5-3+/t23-/m1/s1. The first-order valence-corrected chi connectivity index (χ1v) is 11.3. The maximum atomic E-state index is 12.9. The molecule has 1 aromatic carbocycles. The third kappa shape index (κ3) is 7.23. The number of rotatable bonds is 9. The van der Waals surface area contributed by atoms with Crippen molar-refractivity contribution >= 4 is 12.0 Å². The molecule has 0 radical (unpaired) electrons. The molecule has 5 heteroatoms. The zero-order chi connectivity index (χ0) is 20.5. The molecule has 0 bridgehead atoms. The molecule has 2 heterocycles. The van der Waals surface area contributed by atoms with Gasteiger partial charge >= 0.3 is 0 Å². The van der Waals surface area contributed by atoms with Crippen molar-refractivity contribution in [3.63, 3.8) is 0 Å². The van der Waals surface area contributed by atoms with Crippen LogP contribution in [0, 0.1) is 11.7 Å². The van der Waals surface area contributed by atoms with Gasteiger partial charge < -0.3 is 5.32 Å². The Morgan fingerprint density at radius 3 is 2.66 bits per heavy atom. The third-order valence-corrected chi connectivity index (χ3v) is 6.47. The van der Waals surface area contributed by atoms with Gasteiger partial charge in [-0.05, 0) is 81.9 Å². The van der Waals surface area contributed by atoms with Gasteiger partial charge in [0.2, 0.25) is 5.91 Å². The van der Waals surface area contributed by atoms with E-state index in [-0.39, 0.29) is 11.7 Å². The van der Waals surface area contributed by atoms with E-state index in [1.807, 2.05) is 0 Å². The molecule has 2 saturated heterocycles. The monoisotopic (exact) mass is 401 g/mol. The van der Waals surface area contributed by atoms with Crippen molar-refractivity contribution in [2.45, 2.75) is 51.5 Å². The van der Waals surface area contributed by atoms with E-state index in [0.717, 1.165) is 44.7 Å². The summed E-state index contributed by atoms with van der Waals surface area (Å²) in [7, 11) is 0. The molecule has 1 N–H and O–H groups in total. The molecule has 0 unspecified atom stereocenters. The fraction of sp³-hybridized carbons (Fsp3) is 0.625. The van der Waals surface area contributed by atoms with Crippen molar-refractivity contribution < 1.29 is 9.18 Å². The Labute approximate surface area is 175 Å². The zero-order valence-electron chi connectivity index (χ0n) is 17.8. The number of benzene rings is 1. The van der Waals surface area contributed by atoms with E-state index in [2.05, 4.69) is 34.2 Å². The van der Waals surface area contributed by atoms with E-state index in [9.17, 15) is 9.18 Å². The lowest BCUT2D eigenvalue weighted by molar-refractivity contribution is -0.121. The van der Waals surface area contributed by atoms with Crippen molar-refractivity contribution in [1.82, 2.24) is 15.1 Å². The van der Waals surface area contributed by atoms with Crippen LogP contribution in [-0.4, -0.2) is 61.0 Å². The Kier molecular flexibility index (Phi) is 8.69. The molecule has 1 aromatic rings. The molecule has 4 nitrogen and oxygen atoms in total. The highest BCUT2D eigenvalue weighted by atomic mass is 19.1. The highest BCUT2D eigenvalue weighted by molar-refractivity contribution is 5.75. The molecule has 2 aliphatic heterocycles. The number of carbonyl (C=O) groups is 1. The van der Waals surface area contributed by atoms with Gasteiger partial charge in [-0.2, -0.15) is 0 Å². The number of likely N-dealkylation sites (N-methyl/N-ethyl adjacent to an activating group) is 1. The number of hydrogen-bond acceptors (Lipinski definition) is 3. The first kappa shape index (κ1) is 22.0. The van der Waals surface area contributed by atoms with Crippen molar-refractivity contribution in [3.8, 4) is 0 Å². The number of amides is 1. The molecular weight excluding hydrogens is 365 g/mol. The third-order valence-electron chi connectivity index (χ3n) is 6.47. The summed E-state index contributed by atoms with van der Waals surface area (Å²) in [6.45, 7) is 8.38. The summed E-state index contributed by atoms with van der Waals surface area (Å²) < 4.78 is 12.9. The number of carbonyl (C=O) groups excluding carboxylic acids is 1.